The second kappa shape index (κ2) is 9.42. The summed E-state index contributed by atoms with van der Waals surface area (Å²) in [5, 5.41) is 22.1. The summed E-state index contributed by atoms with van der Waals surface area (Å²) in [6.45, 7) is 9.73. The number of hydrogen-bond donors (Lipinski definition) is 1. The van der Waals surface area contributed by atoms with E-state index in [2.05, 4.69) is 22.4 Å². The Bertz CT molecular complexity index is 1100. The van der Waals surface area contributed by atoms with Gasteiger partial charge in [-0.15, -0.1) is 16.4 Å². The number of aromatic nitrogens is 5. The van der Waals surface area contributed by atoms with Gasteiger partial charge in [0.15, 0.2) is 11.6 Å². The van der Waals surface area contributed by atoms with Gasteiger partial charge in [-0.3, -0.25) is 5.41 Å². The number of rotatable bonds is 5. The third-order valence-electron chi connectivity index (χ3n) is 5.39. The van der Waals surface area contributed by atoms with Crippen molar-refractivity contribution in [3.63, 3.8) is 0 Å². The molecule has 0 unspecified atom stereocenters. The fraction of sp³-hybridized carbons (Fsp3) is 0.500. The Balaban J connectivity index is 1.34. The second-order valence-corrected chi connectivity index (χ2v) is 10.1. The smallest absolute Gasteiger partial charge is 0.284 e. The number of halogens is 1. The molecule has 1 aliphatic rings. The van der Waals surface area contributed by atoms with E-state index in [4.69, 9.17) is 19.9 Å². The van der Waals surface area contributed by atoms with Gasteiger partial charge in [0.05, 0.1) is 16.4 Å². The molecule has 1 saturated heterocycles. The molecule has 0 bridgehead atoms. The highest BCUT2D eigenvalue weighted by Gasteiger charge is 2.32. The standard InChI is InChI=1S/C22H28FN7O2S/c1-14-10-29(21(24)32-22(2,3)4)8-7-17(14)20-26-15(12-33-20)11-31-19-6-5-16(9-18(19)23)30-13-25-27-28-30/h5-6,9,12-14,17,24H,7-8,10-11H2,1-4H3/t14-,17+/m0/s1. The average Bonchev–Trinajstić information content (AvgIpc) is 3.44. The Morgan fingerprint density at radius 1 is 1.33 bits per heavy atom. The van der Waals surface area contributed by atoms with Gasteiger partial charge in [0, 0.05) is 30.5 Å². The predicted molar refractivity (Wildman–Crippen MR) is 122 cm³/mol. The first-order chi connectivity index (χ1) is 15.7. The summed E-state index contributed by atoms with van der Waals surface area (Å²) in [7, 11) is 0. The number of thiazole rings is 1. The molecule has 4 rings (SSSR count). The third-order valence-corrected chi connectivity index (χ3v) is 6.41. The lowest BCUT2D eigenvalue weighted by Crippen LogP contribution is -2.44. The molecule has 1 aliphatic heterocycles. The van der Waals surface area contributed by atoms with Gasteiger partial charge in [-0.05, 0) is 55.7 Å². The van der Waals surface area contributed by atoms with Crippen molar-refractivity contribution >= 4 is 17.4 Å². The number of hydrogen-bond acceptors (Lipinski definition) is 8. The van der Waals surface area contributed by atoms with Crippen LogP contribution in [-0.2, 0) is 11.3 Å². The molecule has 2 aromatic heterocycles. The Labute approximate surface area is 196 Å². The molecular formula is C22H28FN7O2S. The van der Waals surface area contributed by atoms with Crippen molar-refractivity contribution in [2.45, 2.75) is 52.2 Å². The molecule has 3 aromatic rings. The van der Waals surface area contributed by atoms with Crippen LogP contribution in [0.2, 0.25) is 0 Å². The molecule has 0 saturated carbocycles. The highest BCUT2D eigenvalue weighted by molar-refractivity contribution is 7.09. The van der Waals surface area contributed by atoms with Crippen LogP contribution in [0.3, 0.4) is 0 Å². The molecule has 9 nitrogen and oxygen atoms in total. The quantitative estimate of drug-likeness (QED) is 0.441. The van der Waals surface area contributed by atoms with E-state index in [1.54, 1.807) is 23.5 Å². The van der Waals surface area contributed by atoms with Gasteiger partial charge in [0.2, 0.25) is 0 Å². The summed E-state index contributed by atoms with van der Waals surface area (Å²) >= 11 is 1.61. The zero-order valence-corrected chi connectivity index (χ0v) is 20.0. The van der Waals surface area contributed by atoms with E-state index < -0.39 is 5.82 Å². The monoisotopic (exact) mass is 473 g/mol. The van der Waals surface area contributed by atoms with Crippen LogP contribution in [0.25, 0.3) is 5.69 Å². The van der Waals surface area contributed by atoms with Crippen molar-refractivity contribution in [3.05, 3.63) is 46.4 Å². The highest BCUT2D eigenvalue weighted by Crippen LogP contribution is 2.35. The van der Waals surface area contributed by atoms with Gasteiger partial charge < -0.3 is 14.4 Å². The van der Waals surface area contributed by atoms with Crippen molar-refractivity contribution in [2.24, 2.45) is 5.92 Å². The largest absolute Gasteiger partial charge is 0.484 e. The second-order valence-electron chi connectivity index (χ2n) is 9.17. The summed E-state index contributed by atoms with van der Waals surface area (Å²) in [6.07, 6.45) is 2.30. The van der Waals surface area contributed by atoms with Gasteiger partial charge in [-0.25, -0.2) is 14.1 Å². The molecule has 3 heterocycles. The van der Waals surface area contributed by atoms with Crippen LogP contribution in [0.15, 0.2) is 29.9 Å². The first-order valence-electron chi connectivity index (χ1n) is 10.8. The van der Waals surface area contributed by atoms with Gasteiger partial charge in [0.1, 0.15) is 18.5 Å². The van der Waals surface area contributed by atoms with E-state index in [-0.39, 0.29) is 24.0 Å². The van der Waals surface area contributed by atoms with Crippen molar-refractivity contribution in [1.82, 2.24) is 30.1 Å². The van der Waals surface area contributed by atoms with Crippen LogP contribution in [0.5, 0.6) is 5.75 Å². The summed E-state index contributed by atoms with van der Waals surface area (Å²) < 4.78 is 27.2. The van der Waals surface area contributed by atoms with Crippen molar-refractivity contribution in [3.8, 4) is 11.4 Å². The lowest BCUT2D eigenvalue weighted by molar-refractivity contribution is 0.0733. The maximum atomic E-state index is 14.4. The molecule has 1 aromatic carbocycles. The highest BCUT2D eigenvalue weighted by atomic mass is 32.1. The molecule has 0 radical (unpaired) electrons. The number of benzene rings is 1. The SMILES string of the molecule is C[C@H]1CN(C(=N)OC(C)(C)C)CC[C@H]1c1nc(COc2ccc(-n3cnnn3)cc2F)cs1. The lowest BCUT2D eigenvalue weighted by atomic mass is 9.87. The molecule has 2 atom stereocenters. The number of amidine groups is 1. The van der Waals surface area contributed by atoms with Crippen LogP contribution >= 0.6 is 11.3 Å². The van der Waals surface area contributed by atoms with Crippen molar-refractivity contribution in [1.29, 1.82) is 5.41 Å². The number of piperidine rings is 1. The lowest BCUT2D eigenvalue weighted by Gasteiger charge is -2.38. The van der Waals surface area contributed by atoms with E-state index in [0.29, 0.717) is 17.5 Å². The fourth-order valence-corrected chi connectivity index (χ4v) is 4.86. The number of likely N-dealkylation sites (tertiary alicyclic amines) is 1. The van der Waals surface area contributed by atoms with E-state index in [1.807, 2.05) is 31.1 Å². The van der Waals surface area contributed by atoms with Gasteiger partial charge in [-0.1, -0.05) is 6.92 Å². The fourth-order valence-electron chi connectivity index (χ4n) is 3.79. The Kier molecular flexibility index (Phi) is 6.59. The maximum Gasteiger partial charge on any atom is 0.284 e. The number of ether oxygens (including phenoxy) is 2. The number of tetrazole rings is 1. The van der Waals surface area contributed by atoms with E-state index in [9.17, 15) is 4.39 Å². The summed E-state index contributed by atoms with van der Waals surface area (Å²) in [5.74, 6) is 0.313. The Morgan fingerprint density at radius 2 is 2.15 bits per heavy atom. The summed E-state index contributed by atoms with van der Waals surface area (Å²) in [4.78, 5) is 6.75. The van der Waals surface area contributed by atoms with Crippen LogP contribution in [0, 0.1) is 17.1 Å². The van der Waals surface area contributed by atoms with E-state index in [1.165, 1.54) is 17.1 Å². The average molecular weight is 474 g/mol. The first-order valence-corrected chi connectivity index (χ1v) is 11.7. The van der Waals surface area contributed by atoms with E-state index >= 15 is 0 Å². The molecule has 1 fully saturated rings. The Morgan fingerprint density at radius 3 is 2.82 bits per heavy atom. The first kappa shape index (κ1) is 23.1. The zero-order valence-electron chi connectivity index (χ0n) is 19.2. The van der Waals surface area contributed by atoms with Gasteiger partial charge in [-0.2, -0.15) is 0 Å². The van der Waals surface area contributed by atoms with Crippen LogP contribution < -0.4 is 4.74 Å². The minimum Gasteiger partial charge on any atom is -0.484 e. The topological polar surface area (TPSA) is 102 Å². The molecule has 0 amide bonds. The molecule has 11 heteroatoms. The number of nitrogens with one attached hydrogen (secondary N) is 1. The van der Waals surface area contributed by atoms with Crippen molar-refractivity contribution < 1.29 is 13.9 Å². The van der Waals surface area contributed by atoms with Crippen LogP contribution in [0.1, 0.15) is 50.7 Å². The molecule has 176 valence electrons. The van der Waals surface area contributed by atoms with Crippen LogP contribution in [-0.4, -0.2) is 54.8 Å². The third kappa shape index (κ3) is 5.65. The minimum absolute atomic E-state index is 0.153. The summed E-state index contributed by atoms with van der Waals surface area (Å²) in [5.41, 5.74) is 0.911. The molecule has 0 aliphatic carbocycles. The minimum atomic E-state index is -0.487. The van der Waals surface area contributed by atoms with E-state index in [0.717, 1.165) is 30.2 Å². The van der Waals surface area contributed by atoms with Gasteiger partial charge >= 0.3 is 0 Å². The predicted octanol–water partition coefficient (Wildman–Crippen LogP) is 4.01. The maximum absolute atomic E-state index is 14.4. The summed E-state index contributed by atoms with van der Waals surface area (Å²) in [6, 6.07) is 4.81. The molecule has 1 N–H and O–H groups in total. The van der Waals surface area contributed by atoms with Gasteiger partial charge in [0.25, 0.3) is 6.02 Å². The molecule has 0 spiro atoms. The molecular weight excluding hydrogens is 445 g/mol. The molecule has 33 heavy (non-hydrogen) atoms. The van der Waals surface area contributed by atoms with Crippen molar-refractivity contribution in [2.75, 3.05) is 13.1 Å². The normalized spacial score (nSPS) is 18.9. The number of nitrogens with zero attached hydrogens (tertiary/aromatic N) is 6. The zero-order chi connectivity index (χ0) is 23.6. The Hall–Kier alpha value is -3.08. The van der Waals surface area contributed by atoms with Crippen LogP contribution in [0.4, 0.5) is 4.39 Å².